The highest BCUT2D eigenvalue weighted by atomic mass is 19.4. The van der Waals surface area contributed by atoms with E-state index in [4.69, 9.17) is 5.73 Å². The second-order valence-electron chi connectivity index (χ2n) is 6.66. The minimum atomic E-state index is -4.86. The molecule has 0 saturated carbocycles. The number of benzene rings is 1. The molecule has 6 nitrogen and oxygen atoms in total. The molecule has 10 heteroatoms. The second-order valence-corrected chi connectivity index (χ2v) is 6.66. The average molecular weight is 371 g/mol. The minimum absolute atomic E-state index is 0.0431. The average Bonchev–Trinajstić information content (AvgIpc) is 3.19. The van der Waals surface area contributed by atoms with Crippen LogP contribution >= 0.6 is 0 Å². The summed E-state index contributed by atoms with van der Waals surface area (Å²) in [6.07, 6.45) is -4.26. The molecule has 2 N–H and O–H groups in total. The molecule has 1 aliphatic rings. The Labute approximate surface area is 146 Å². The fourth-order valence-corrected chi connectivity index (χ4v) is 2.96. The first-order valence-electron chi connectivity index (χ1n) is 7.93. The van der Waals surface area contributed by atoms with Crippen LogP contribution in [0, 0.1) is 11.2 Å². The van der Waals surface area contributed by atoms with E-state index in [1.165, 1.54) is 4.90 Å². The zero-order valence-corrected chi connectivity index (χ0v) is 13.9. The van der Waals surface area contributed by atoms with Crippen LogP contribution in [0.25, 0.3) is 5.69 Å². The van der Waals surface area contributed by atoms with Crippen molar-refractivity contribution in [3.8, 4) is 5.69 Å². The number of amides is 1. The molecule has 0 radical (unpaired) electrons. The molecule has 1 saturated heterocycles. The van der Waals surface area contributed by atoms with Gasteiger partial charge in [-0.3, -0.25) is 4.79 Å². The lowest BCUT2D eigenvalue weighted by Gasteiger charge is -2.22. The number of aromatic nitrogens is 3. The van der Waals surface area contributed by atoms with Gasteiger partial charge in [-0.05, 0) is 42.6 Å². The van der Waals surface area contributed by atoms with Gasteiger partial charge < -0.3 is 10.6 Å². The summed E-state index contributed by atoms with van der Waals surface area (Å²) in [4.78, 5) is 13.9. The van der Waals surface area contributed by atoms with E-state index in [2.05, 4.69) is 10.3 Å². The van der Waals surface area contributed by atoms with Crippen LogP contribution in [0.2, 0.25) is 0 Å². The van der Waals surface area contributed by atoms with Gasteiger partial charge in [0, 0.05) is 13.1 Å². The van der Waals surface area contributed by atoms with E-state index in [1.54, 1.807) is 0 Å². The maximum Gasteiger partial charge on any atom is 0.435 e. The van der Waals surface area contributed by atoms with Gasteiger partial charge in [0.25, 0.3) is 5.91 Å². The fourth-order valence-electron chi connectivity index (χ4n) is 2.96. The first-order valence-corrected chi connectivity index (χ1v) is 7.93. The van der Waals surface area contributed by atoms with Gasteiger partial charge in [-0.2, -0.15) is 13.2 Å². The summed E-state index contributed by atoms with van der Waals surface area (Å²) in [7, 11) is 0. The summed E-state index contributed by atoms with van der Waals surface area (Å²) in [5, 5.41) is 6.96. The van der Waals surface area contributed by atoms with E-state index in [1.807, 2.05) is 6.92 Å². The van der Waals surface area contributed by atoms with Crippen molar-refractivity contribution < 1.29 is 22.4 Å². The van der Waals surface area contributed by atoms with Gasteiger partial charge in [-0.25, -0.2) is 9.07 Å². The molecule has 2 aromatic rings. The summed E-state index contributed by atoms with van der Waals surface area (Å²) in [5.74, 6) is -1.44. The molecular weight excluding hydrogens is 354 g/mol. The molecule has 1 amide bonds. The molecule has 1 fully saturated rings. The van der Waals surface area contributed by atoms with E-state index in [9.17, 15) is 22.4 Å². The maximum atomic E-state index is 13.6. The van der Waals surface area contributed by atoms with Gasteiger partial charge in [-0.15, -0.1) is 5.10 Å². The van der Waals surface area contributed by atoms with Gasteiger partial charge in [0.1, 0.15) is 5.82 Å². The summed E-state index contributed by atoms with van der Waals surface area (Å²) in [5.41, 5.74) is 3.25. The van der Waals surface area contributed by atoms with Crippen molar-refractivity contribution in [1.82, 2.24) is 19.9 Å². The Hall–Kier alpha value is -2.49. The van der Waals surface area contributed by atoms with Crippen molar-refractivity contribution in [2.24, 2.45) is 11.1 Å². The van der Waals surface area contributed by atoms with Crippen molar-refractivity contribution in [1.29, 1.82) is 0 Å². The summed E-state index contributed by atoms with van der Waals surface area (Å²) >= 11 is 0. The Morgan fingerprint density at radius 2 is 1.96 bits per heavy atom. The zero-order chi connectivity index (χ0) is 19.1. The van der Waals surface area contributed by atoms with Crippen LogP contribution in [0.15, 0.2) is 24.3 Å². The highest BCUT2D eigenvalue weighted by Gasteiger charge is 2.44. The molecule has 0 spiro atoms. The Morgan fingerprint density at radius 3 is 2.50 bits per heavy atom. The molecule has 0 bridgehead atoms. The predicted octanol–water partition coefficient (Wildman–Crippen LogP) is 2.24. The lowest BCUT2D eigenvalue weighted by atomic mass is 9.90. The molecule has 2 heterocycles. The van der Waals surface area contributed by atoms with Gasteiger partial charge in [0.15, 0.2) is 11.4 Å². The van der Waals surface area contributed by atoms with Crippen LogP contribution in [-0.4, -0.2) is 45.4 Å². The van der Waals surface area contributed by atoms with Gasteiger partial charge >= 0.3 is 6.18 Å². The third-order valence-corrected chi connectivity index (χ3v) is 4.55. The van der Waals surface area contributed by atoms with Crippen molar-refractivity contribution in [3.63, 3.8) is 0 Å². The smallest absolute Gasteiger partial charge is 0.337 e. The Morgan fingerprint density at radius 1 is 1.31 bits per heavy atom. The largest absolute Gasteiger partial charge is 0.435 e. The Bertz CT molecular complexity index is 817. The third-order valence-electron chi connectivity index (χ3n) is 4.55. The molecule has 1 unspecified atom stereocenters. The van der Waals surface area contributed by atoms with E-state index < -0.39 is 29.3 Å². The molecule has 1 atom stereocenters. The molecule has 3 rings (SSSR count). The van der Waals surface area contributed by atoms with Crippen LogP contribution in [0.3, 0.4) is 0 Å². The molecule has 0 aliphatic carbocycles. The monoisotopic (exact) mass is 371 g/mol. The Kier molecular flexibility index (Phi) is 4.47. The standard InChI is InChI=1S/C16H17F4N5O/c1-15(8-21)6-7-24(9-15)14(26)12-13(16(18,19)20)25(23-22-12)11-4-2-10(17)3-5-11/h2-5H,6-9,21H2,1H3. The fraction of sp³-hybridized carbons (Fsp3) is 0.438. The molecule has 26 heavy (non-hydrogen) atoms. The number of nitrogens with two attached hydrogens (primary N) is 1. The van der Waals surface area contributed by atoms with Crippen LogP contribution in [-0.2, 0) is 6.18 Å². The van der Waals surface area contributed by atoms with Crippen molar-refractivity contribution >= 4 is 5.91 Å². The number of carbonyl (C=O) groups is 1. The number of hydrogen-bond donors (Lipinski definition) is 1. The SMILES string of the molecule is CC1(CN)CCN(C(=O)c2nnn(-c3ccc(F)cc3)c2C(F)(F)F)C1. The van der Waals surface area contributed by atoms with E-state index in [0.29, 0.717) is 24.2 Å². The molecule has 1 aromatic heterocycles. The maximum absolute atomic E-state index is 13.6. The zero-order valence-electron chi connectivity index (χ0n) is 13.9. The van der Waals surface area contributed by atoms with Crippen molar-refractivity contribution in [3.05, 3.63) is 41.5 Å². The number of rotatable bonds is 3. The minimum Gasteiger partial charge on any atom is -0.337 e. The number of nitrogens with zero attached hydrogens (tertiary/aromatic N) is 4. The first kappa shape index (κ1) is 18.3. The van der Waals surface area contributed by atoms with Gasteiger partial charge in [0.05, 0.1) is 5.69 Å². The normalized spacial score (nSPS) is 20.6. The van der Waals surface area contributed by atoms with Crippen molar-refractivity contribution in [2.75, 3.05) is 19.6 Å². The number of hydrogen-bond acceptors (Lipinski definition) is 4. The summed E-state index contributed by atoms with van der Waals surface area (Å²) in [6, 6.07) is 4.28. The van der Waals surface area contributed by atoms with E-state index in [-0.39, 0.29) is 17.6 Å². The van der Waals surface area contributed by atoms with Gasteiger partial charge in [0.2, 0.25) is 0 Å². The second kappa shape index (κ2) is 6.35. The van der Waals surface area contributed by atoms with Crippen molar-refractivity contribution in [2.45, 2.75) is 19.5 Å². The number of carbonyl (C=O) groups excluding carboxylic acids is 1. The quantitative estimate of drug-likeness (QED) is 0.840. The van der Waals surface area contributed by atoms with E-state index >= 15 is 0 Å². The number of likely N-dealkylation sites (tertiary alicyclic amines) is 1. The van der Waals surface area contributed by atoms with Gasteiger partial charge in [-0.1, -0.05) is 12.1 Å². The van der Waals surface area contributed by atoms with E-state index in [0.717, 1.165) is 24.3 Å². The Balaban J connectivity index is 2.00. The van der Waals surface area contributed by atoms with Crippen LogP contribution < -0.4 is 5.73 Å². The molecule has 1 aliphatic heterocycles. The molecule has 1 aromatic carbocycles. The highest BCUT2D eigenvalue weighted by Crippen LogP contribution is 2.35. The van der Waals surface area contributed by atoms with Crippen LogP contribution in [0.1, 0.15) is 29.5 Å². The summed E-state index contributed by atoms with van der Waals surface area (Å²) in [6.45, 7) is 2.75. The predicted molar refractivity (Wildman–Crippen MR) is 84.0 cm³/mol. The number of halogens is 4. The third kappa shape index (κ3) is 3.28. The van der Waals surface area contributed by atoms with Crippen LogP contribution in [0.4, 0.5) is 17.6 Å². The number of alkyl halides is 3. The highest BCUT2D eigenvalue weighted by molar-refractivity contribution is 5.93. The first-order chi connectivity index (χ1) is 12.1. The summed E-state index contributed by atoms with van der Waals surface area (Å²) < 4.78 is 54.4. The lowest BCUT2D eigenvalue weighted by molar-refractivity contribution is -0.143. The van der Waals surface area contributed by atoms with Crippen LogP contribution in [0.5, 0.6) is 0 Å². The lowest BCUT2D eigenvalue weighted by Crippen LogP contribution is -2.35. The molecular formula is C16H17F4N5O. The topological polar surface area (TPSA) is 77.0 Å². The molecule has 140 valence electrons.